The molecular weight excluding hydrogens is 308 g/mol. The molecule has 1 saturated carbocycles. The minimum Gasteiger partial charge on any atom is -0.488 e. The summed E-state index contributed by atoms with van der Waals surface area (Å²) in [7, 11) is 0. The minimum absolute atomic E-state index is 0.282. The quantitative estimate of drug-likeness (QED) is 0.633. The van der Waals surface area contributed by atoms with Gasteiger partial charge in [0.05, 0.1) is 6.61 Å². The van der Waals surface area contributed by atoms with E-state index in [9.17, 15) is 8.78 Å². The second kappa shape index (κ2) is 7.65. The molecule has 2 aromatic carbocycles. The smallest absolute Gasteiger partial charge is 0.190 e. The second-order valence-electron chi connectivity index (χ2n) is 6.38. The molecule has 1 fully saturated rings. The van der Waals surface area contributed by atoms with Crippen molar-refractivity contribution in [3.8, 4) is 16.9 Å². The Balaban J connectivity index is 1.77. The first-order valence-corrected chi connectivity index (χ1v) is 8.63. The fourth-order valence-electron chi connectivity index (χ4n) is 2.58. The first-order valence-electron chi connectivity index (χ1n) is 8.63. The lowest BCUT2D eigenvalue weighted by molar-refractivity contribution is 0.279. The average molecular weight is 331 g/mol. The van der Waals surface area contributed by atoms with Crippen LogP contribution in [0.1, 0.15) is 32.6 Å². The summed E-state index contributed by atoms with van der Waals surface area (Å²) < 4.78 is 33.6. The van der Waals surface area contributed by atoms with Gasteiger partial charge in [0, 0.05) is 12.2 Å². The first-order chi connectivity index (χ1) is 11.7. The molecule has 0 radical (unpaired) electrons. The molecule has 0 aliphatic heterocycles. The van der Waals surface area contributed by atoms with Gasteiger partial charge in [0.1, 0.15) is 0 Å². The fraction of sp³-hybridized carbons (Fsp3) is 0.400. The van der Waals surface area contributed by atoms with Gasteiger partial charge in [0.25, 0.3) is 0 Å². The molecule has 0 heterocycles. The van der Waals surface area contributed by atoms with Crippen molar-refractivity contribution in [3.05, 3.63) is 48.0 Å². The van der Waals surface area contributed by atoms with Gasteiger partial charge in [0.2, 0.25) is 0 Å². The number of halogens is 2. The minimum atomic E-state index is -0.655. The lowest BCUT2D eigenvalue weighted by Gasteiger charge is -2.11. The molecule has 2 nitrogen and oxygen atoms in total. The molecule has 128 valence electrons. The lowest BCUT2D eigenvalue weighted by atomic mass is 10.0. The van der Waals surface area contributed by atoms with Gasteiger partial charge in [-0.3, -0.25) is 0 Å². The van der Waals surface area contributed by atoms with Crippen molar-refractivity contribution in [2.24, 2.45) is 5.92 Å². The Bertz CT molecular complexity index is 675. The second-order valence-corrected chi connectivity index (χ2v) is 6.38. The van der Waals surface area contributed by atoms with E-state index in [1.165, 1.54) is 25.0 Å². The van der Waals surface area contributed by atoms with Crippen LogP contribution < -0.4 is 10.1 Å². The van der Waals surface area contributed by atoms with Gasteiger partial charge in [0.15, 0.2) is 17.4 Å². The van der Waals surface area contributed by atoms with E-state index in [0.29, 0.717) is 12.2 Å². The van der Waals surface area contributed by atoms with Crippen LogP contribution in [0.15, 0.2) is 36.4 Å². The number of benzene rings is 2. The maximum atomic E-state index is 14.2. The third-order valence-corrected chi connectivity index (χ3v) is 4.23. The van der Waals surface area contributed by atoms with E-state index < -0.39 is 11.6 Å². The molecule has 24 heavy (non-hydrogen) atoms. The third kappa shape index (κ3) is 4.25. The fourth-order valence-corrected chi connectivity index (χ4v) is 2.58. The van der Waals surface area contributed by atoms with Crippen molar-refractivity contribution in [1.29, 1.82) is 0 Å². The molecular formula is C20H23F2NO. The zero-order chi connectivity index (χ0) is 16.9. The van der Waals surface area contributed by atoms with Crippen LogP contribution in [0.3, 0.4) is 0 Å². The van der Waals surface area contributed by atoms with Crippen LogP contribution in [-0.2, 0) is 0 Å². The normalized spacial score (nSPS) is 13.8. The van der Waals surface area contributed by atoms with Crippen LogP contribution in [0.25, 0.3) is 11.1 Å². The molecule has 0 bridgehead atoms. The highest BCUT2D eigenvalue weighted by atomic mass is 19.1. The Kier molecular flexibility index (Phi) is 5.34. The Morgan fingerprint density at radius 3 is 2.50 bits per heavy atom. The van der Waals surface area contributed by atoms with Crippen molar-refractivity contribution in [2.75, 3.05) is 18.5 Å². The van der Waals surface area contributed by atoms with Gasteiger partial charge < -0.3 is 10.1 Å². The number of nitrogens with one attached hydrogen (secondary N) is 1. The molecule has 0 unspecified atom stereocenters. The molecule has 4 heteroatoms. The molecule has 0 amide bonds. The van der Waals surface area contributed by atoms with E-state index in [2.05, 4.69) is 5.32 Å². The van der Waals surface area contributed by atoms with Crippen molar-refractivity contribution in [2.45, 2.75) is 32.6 Å². The van der Waals surface area contributed by atoms with E-state index in [1.54, 1.807) is 0 Å². The highest BCUT2D eigenvalue weighted by molar-refractivity contribution is 5.69. The summed E-state index contributed by atoms with van der Waals surface area (Å²) >= 11 is 0. The van der Waals surface area contributed by atoms with E-state index >= 15 is 0 Å². The molecule has 3 rings (SSSR count). The standard InChI is InChI=1S/C20H23F2NO/c1-2-3-9-24-20-18(21)11-16(12-19(20)22)15-5-4-6-17(10-15)23-13-14-7-8-14/h4-6,10-12,14,23H,2-3,7-9,13H2,1H3. The van der Waals surface area contributed by atoms with Crippen LogP contribution >= 0.6 is 0 Å². The number of ether oxygens (including phenoxy) is 1. The first kappa shape index (κ1) is 16.7. The highest BCUT2D eigenvalue weighted by Crippen LogP contribution is 2.32. The lowest BCUT2D eigenvalue weighted by Crippen LogP contribution is -2.03. The maximum absolute atomic E-state index is 14.2. The molecule has 1 aliphatic carbocycles. The van der Waals surface area contributed by atoms with Crippen LogP contribution in [0.2, 0.25) is 0 Å². The Morgan fingerprint density at radius 1 is 1.08 bits per heavy atom. The van der Waals surface area contributed by atoms with Crippen molar-refractivity contribution in [1.82, 2.24) is 0 Å². The van der Waals surface area contributed by atoms with Crippen molar-refractivity contribution in [3.63, 3.8) is 0 Å². The molecule has 1 N–H and O–H groups in total. The monoisotopic (exact) mass is 331 g/mol. The summed E-state index contributed by atoms with van der Waals surface area (Å²) in [6, 6.07) is 10.3. The van der Waals surface area contributed by atoms with Crippen LogP contribution in [0.4, 0.5) is 14.5 Å². The van der Waals surface area contributed by atoms with Gasteiger partial charge >= 0.3 is 0 Å². The molecule has 0 aromatic heterocycles. The Morgan fingerprint density at radius 2 is 1.83 bits per heavy atom. The summed E-state index contributed by atoms with van der Waals surface area (Å²) in [5, 5.41) is 3.38. The molecule has 1 aliphatic rings. The van der Waals surface area contributed by atoms with Gasteiger partial charge in [-0.1, -0.05) is 25.5 Å². The predicted molar refractivity (Wildman–Crippen MR) is 93.4 cm³/mol. The summed E-state index contributed by atoms with van der Waals surface area (Å²) in [6.45, 7) is 3.28. The zero-order valence-corrected chi connectivity index (χ0v) is 13.9. The summed E-state index contributed by atoms with van der Waals surface area (Å²) in [6.07, 6.45) is 4.25. The number of anilines is 1. The molecule has 0 saturated heterocycles. The van der Waals surface area contributed by atoms with Crippen molar-refractivity contribution >= 4 is 5.69 Å². The number of unbranched alkanes of at least 4 members (excludes halogenated alkanes) is 1. The molecule has 0 atom stereocenters. The van der Waals surface area contributed by atoms with Crippen LogP contribution in [0.5, 0.6) is 5.75 Å². The number of hydrogen-bond donors (Lipinski definition) is 1. The zero-order valence-electron chi connectivity index (χ0n) is 13.9. The molecule has 0 spiro atoms. The maximum Gasteiger partial charge on any atom is 0.190 e. The van der Waals surface area contributed by atoms with E-state index in [-0.39, 0.29) is 5.75 Å². The van der Waals surface area contributed by atoms with Crippen LogP contribution in [-0.4, -0.2) is 13.2 Å². The summed E-state index contributed by atoms with van der Waals surface area (Å²) in [4.78, 5) is 0. The van der Waals surface area contributed by atoms with Crippen molar-refractivity contribution < 1.29 is 13.5 Å². The Labute approximate surface area is 141 Å². The topological polar surface area (TPSA) is 21.3 Å². The van der Waals surface area contributed by atoms with E-state index in [1.807, 2.05) is 31.2 Å². The number of rotatable bonds is 8. The third-order valence-electron chi connectivity index (χ3n) is 4.23. The van der Waals surface area contributed by atoms with Gasteiger partial charge in [-0.2, -0.15) is 0 Å². The van der Waals surface area contributed by atoms with E-state index in [4.69, 9.17) is 4.74 Å². The summed E-state index contributed by atoms with van der Waals surface area (Å²) in [5.74, 6) is -0.826. The Hall–Kier alpha value is -2.10. The largest absolute Gasteiger partial charge is 0.488 e. The van der Waals surface area contributed by atoms with Crippen LogP contribution in [0, 0.1) is 17.6 Å². The molecule has 2 aromatic rings. The van der Waals surface area contributed by atoms with Gasteiger partial charge in [-0.05, 0) is 60.6 Å². The number of hydrogen-bond acceptors (Lipinski definition) is 2. The SMILES string of the molecule is CCCCOc1c(F)cc(-c2cccc(NCC3CC3)c2)cc1F. The van der Waals surface area contributed by atoms with Gasteiger partial charge in [-0.25, -0.2) is 8.78 Å². The predicted octanol–water partition coefficient (Wildman–Crippen LogP) is 5.63. The van der Waals surface area contributed by atoms with Gasteiger partial charge in [-0.15, -0.1) is 0 Å². The average Bonchev–Trinajstić information content (AvgIpc) is 3.40. The van der Waals surface area contributed by atoms with E-state index in [0.717, 1.165) is 36.6 Å². The highest BCUT2D eigenvalue weighted by Gasteiger charge is 2.20. The summed E-state index contributed by atoms with van der Waals surface area (Å²) in [5.41, 5.74) is 2.28.